The van der Waals surface area contributed by atoms with Crippen molar-refractivity contribution in [1.82, 2.24) is 14.8 Å². The van der Waals surface area contributed by atoms with Crippen LogP contribution in [0.5, 0.6) is 11.5 Å². The van der Waals surface area contributed by atoms with E-state index in [1.54, 1.807) is 0 Å². The van der Waals surface area contributed by atoms with E-state index >= 15 is 0 Å². The molecule has 1 N–H and O–H groups in total. The van der Waals surface area contributed by atoms with E-state index in [2.05, 4.69) is 26.1 Å². The van der Waals surface area contributed by atoms with Crippen molar-refractivity contribution in [2.24, 2.45) is 0 Å². The van der Waals surface area contributed by atoms with Gasteiger partial charge in [-0.15, -0.1) is 10.2 Å². The molecule has 0 aliphatic carbocycles. The molecule has 2 heterocycles. The number of carbonyl (C=O) groups excluding carboxylic acids is 1. The second-order valence-corrected chi connectivity index (χ2v) is 8.00. The van der Waals surface area contributed by atoms with E-state index in [9.17, 15) is 4.79 Å². The van der Waals surface area contributed by atoms with Gasteiger partial charge in [-0.25, -0.2) is 0 Å². The highest BCUT2D eigenvalue weighted by atomic mass is 16.5. The largest absolute Gasteiger partial charge is 0.455 e. The number of nitrogens with zero attached hydrogens (tertiary/aromatic N) is 3. The number of hydrogen-bond donors (Lipinski definition) is 1. The first-order valence-electron chi connectivity index (χ1n) is 10.8. The highest BCUT2D eigenvalue weighted by molar-refractivity contribution is 6.05. The number of hydrogen-bond acceptors (Lipinski definition) is 4. The van der Waals surface area contributed by atoms with Crippen LogP contribution in [0.25, 0.3) is 0 Å². The maximum Gasteiger partial charge on any atom is 0.255 e. The monoisotopic (exact) mass is 424 g/mol. The molecule has 4 aromatic rings. The SMILES string of the molecule is Cc1nnc2n1CC(c1cccc(C(=O)Nc3ccccc3Oc3ccccc3)c1)CC2. The Labute approximate surface area is 186 Å². The highest BCUT2D eigenvalue weighted by Crippen LogP contribution is 2.31. The van der Waals surface area contributed by atoms with Gasteiger partial charge < -0.3 is 14.6 Å². The number of nitrogens with one attached hydrogen (secondary N) is 1. The minimum Gasteiger partial charge on any atom is -0.455 e. The molecule has 160 valence electrons. The fourth-order valence-electron chi connectivity index (χ4n) is 4.14. The molecular formula is C26H24N4O2. The molecule has 1 aromatic heterocycles. The molecule has 0 spiro atoms. The molecule has 5 rings (SSSR count). The molecular weight excluding hydrogens is 400 g/mol. The van der Waals surface area contributed by atoms with Crippen molar-refractivity contribution < 1.29 is 9.53 Å². The van der Waals surface area contributed by atoms with Crippen LogP contribution in [-0.4, -0.2) is 20.7 Å². The number of rotatable bonds is 5. The van der Waals surface area contributed by atoms with Gasteiger partial charge in [0.05, 0.1) is 5.69 Å². The Morgan fingerprint density at radius 2 is 1.81 bits per heavy atom. The van der Waals surface area contributed by atoms with E-state index in [0.29, 0.717) is 22.9 Å². The lowest BCUT2D eigenvalue weighted by Crippen LogP contribution is -2.20. The van der Waals surface area contributed by atoms with Crippen LogP contribution in [0.15, 0.2) is 78.9 Å². The zero-order valence-corrected chi connectivity index (χ0v) is 17.9. The Morgan fingerprint density at radius 1 is 1.00 bits per heavy atom. The molecule has 1 atom stereocenters. The van der Waals surface area contributed by atoms with Gasteiger partial charge in [0.1, 0.15) is 17.4 Å². The normalized spacial score (nSPS) is 15.1. The quantitative estimate of drug-likeness (QED) is 0.468. The van der Waals surface area contributed by atoms with Gasteiger partial charge in [-0.3, -0.25) is 4.79 Å². The zero-order valence-electron chi connectivity index (χ0n) is 17.9. The van der Waals surface area contributed by atoms with Crippen molar-refractivity contribution >= 4 is 11.6 Å². The molecule has 1 aliphatic heterocycles. The van der Waals surface area contributed by atoms with Crippen LogP contribution in [0.4, 0.5) is 5.69 Å². The van der Waals surface area contributed by atoms with Crippen LogP contribution in [0.3, 0.4) is 0 Å². The van der Waals surface area contributed by atoms with E-state index < -0.39 is 0 Å². The minimum absolute atomic E-state index is 0.159. The van der Waals surface area contributed by atoms with E-state index in [-0.39, 0.29) is 5.91 Å². The number of amides is 1. The molecule has 3 aromatic carbocycles. The first-order chi connectivity index (χ1) is 15.7. The number of aryl methyl sites for hydroxylation is 2. The molecule has 1 amide bonds. The third-order valence-corrected chi connectivity index (χ3v) is 5.86. The van der Waals surface area contributed by atoms with Gasteiger partial charge in [0.2, 0.25) is 0 Å². The Kier molecular flexibility index (Phi) is 5.42. The Morgan fingerprint density at radius 3 is 2.69 bits per heavy atom. The maximum absolute atomic E-state index is 13.1. The first-order valence-corrected chi connectivity index (χ1v) is 10.8. The maximum atomic E-state index is 13.1. The lowest BCUT2D eigenvalue weighted by atomic mass is 9.90. The third kappa shape index (κ3) is 4.12. The lowest BCUT2D eigenvalue weighted by molar-refractivity contribution is 0.102. The molecule has 0 saturated carbocycles. The standard InChI is InChI=1S/C26H24N4O2/c1-18-28-29-25-15-14-21(17-30(18)25)19-8-7-9-20(16-19)26(31)27-23-12-5-6-13-24(23)32-22-10-3-2-4-11-22/h2-13,16,21H,14-15,17H2,1H3,(H,27,31). The molecule has 0 radical (unpaired) electrons. The molecule has 0 fully saturated rings. The van der Waals surface area contributed by atoms with Crippen LogP contribution in [0, 0.1) is 6.92 Å². The number of benzene rings is 3. The van der Waals surface area contributed by atoms with Crippen molar-refractivity contribution in [3.8, 4) is 11.5 Å². The smallest absolute Gasteiger partial charge is 0.255 e. The number of aromatic nitrogens is 3. The topological polar surface area (TPSA) is 69.0 Å². The van der Waals surface area contributed by atoms with Crippen LogP contribution in [0.1, 0.15) is 39.9 Å². The Bertz CT molecular complexity index is 1250. The van der Waals surface area contributed by atoms with Crippen LogP contribution in [0.2, 0.25) is 0 Å². The highest BCUT2D eigenvalue weighted by Gasteiger charge is 2.23. The lowest BCUT2D eigenvalue weighted by Gasteiger charge is -2.24. The van der Waals surface area contributed by atoms with Crippen molar-refractivity contribution in [1.29, 1.82) is 0 Å². The van der Waals surface area contributed by atoms with E-state index in [4.69, 9.17) is 4.74 Å². The number of anilines is 1. The van der Waals surface area contributed by atoms with E-state index in [1.807, 2.05) is 79.7 Å². The van der Waals surface area contributed by atoms with E-state index in [1.165, 1.54) is 0 Å². The third-order valence-electron chi connectivity index (χ3n) is 5.86. The van der Waals surface area contributed by atoms with Gasteiger partial charge in [0.15, 0.2) is 5.75 Å². The summed E-state index contributed by atoms with van der Waals surface area (Å²) in [7, 11) is 0. The zero-order chi connectivity index (χ0) is 21.9. The summed E-state index contributed by atoms with van der Waals surface area (Å²) >= 11 is 0. The van der Waals surface area contributed by atoms with Gasteiger partial charge in [-0.2, -0.15) is 0 Å². The Hall–Kier alpha value is -3.93. The van der Waals surface area contributed by atoms with Crippen molar-refractivity contribution in [3.63, 3.8) is 0 Å². The molecule has 0 saturated heterocycles. The number of carbonyl (C=O) groups is 1. The average Bonchev–Trinajstić information content (AvgIpc) is 3.21. The minimum atomic E-state index is -0.159. The van der Waals surface area contributed by atoms with Crippen molar-refractivity contribution in [2.75, 3.05) is 5.32 Å². The van der Waals surface area contributed by atoms with E-state index in [0.717, 1.165) is 42.3 Å². The van der Waals surface area contributed by atoms with Crippen LogP contribution >= 0.6 is 0 Å². The fraction of sp³-hybridized carbons (Fsp3) is 0.192. The molecule has 0 bridgehead atoms. The molecule has 6 heteroatoms. The second kappa shape index (κ2) is 8.67. The first kappa shape index (κ1) is 20.0. The summed E-state index contributed by atoms with van der Waals surface area (Å²) in [5.41, 5.74) is 2.42. The second-order valence-electron chi connectivity index (χ2n) is 8.00. The fourth-order valence-corrected chi connectivity index (χ4v) is 4.14. The molecule has 6 nitrogen and oxygen atoms in total. The summed E-state index contributed by atoms with van der Waals surface area (Å²) in [6.07, 6.45) is 1.89. The summed E-state index contributed by atoms with van der Waals surface area (Å²) in [5, 5.41) is 11.5. The van der Waals surface area contributed by atoms with Crippen molar-refractivity contribution in [3.05, 3.63) is 102 Å². The van der Waals surface area contributed by atoms with Crippen LogP contribution < -0.4 is 10.1 Å². The number of ether oxygens (including phenoxy) is 1. The number of fused-ring (bicyclic) bond motifs is 1. The predicted molar refractivity (Wildman–Crippen MR) is 123 cm³/mol. The van der Waals surface area contributed by atoms with Crippen LogP contribution in [-0.2, 0) is 13.0 Å². The average molecular weight is 425 g/mol. The van der Waals surface area contributed by atoms with Crippen molar-refractivity contribution in [2.45, 2.75) is 32.2 Å². The van der Waals surface area contributed by atoms with Gasteiger partial charge >= 0.3 is 0 Å². The summed E-state index contributed by atoms with van der Waals surface area (Å²) < 4.78 is 8.15. The molecule has 1 aliphatic rings. The van der Waals surface area contributed by atoms with Gasteiger partial charge in [-0.05, 0) is 55.3 Å². The molecule has 1 unspecified atom stereocenters. The van der Waals surface area contributed by atoms with Gasteiger partial charge in [0, 0.05) is 24.4 Å². The van der Waals surface area contributed by atoms with Gasteiger partial charge in [-0.1, -0.05) is 42.5 Å². The van der Waals surface area contributed by atoms with Gasteiger partial charge in [0.25, 0.3) is 5.91 Å². The summed E-state index contributed by atoms with van der Waals surface area (Å²) in [4.78, 5) is 13.1. The summed E-state index contributed by atoms with van der Waals surface area (Å²) in [6, 6.07) is 24.9. The Balaban J connectivity index is 1.34. The summed E-state index contributed by atoms with van der Waals surface area (Å²) in [5.74, 6) is 3.48. The number of para-hydroxylation sites is 3. The summed E-state index contributed by atoms with van der Waals surface area (Å²) in [6.45, 7) is 2.82. The predicted octanol–water partition coefficient (Wildman–Crippen LogP) is 5.36. The molecule has 32 heavy (non-hydrogen) atoms.